The topological polar surface area (TPSA) is 105 Å². The number of carboxylic acid groups (broad SMARTS) is 1. The lowest BCUT2D eigenvalue weighted by Gasteiger charge is -2.03. The highest BCUT2D eigenvalue weighted by atomic mass is 16.4. The van der Waals surface area contributed by atoms with Gasteiger partial charge in [-0.2, -0.15) is 0 Å². The van der Waals surface area contributed by atoms with Crippen molar-refractivity contribution >= 4 is 17.4 Å². The molecule has 2 N–H and O–H groups in total. The highest BCUT2D eigenvalue weighted by Gasteiger charge is 2.00. The molecule has 0 aliphatic carbocycles. The first kappa shape index (κ1) is 10.3. The van der Waals surface area contributed by atoms with Crippen molar-refractivity contribution < 1.29 is 9.90 Å². The molecule has 0 saturated carbocycles. The maximum Gasteiger partial charge on any atom is 0.303 e. The summed E-state index contributed by atoms with van der Waals surface area (Å²) in [6.07, 6.45) is 0.685. The molecule has 0 aromatic carbocycles. The van der Waals surface area contributed by atoms with Crippen LogP contribution in [0, 0.1) is 0 Å². The predicted molar refractivity (Wildman–Crippen MR) is 53.9 cm³/mol. The molecular formula is C8H10N6O2. The van der Waals surface area contributed by atoms with E-state index < -0.39 is 5.97 Å². The monoisotopic (exact) mass is 222 g/mol. The molecule has 0 atom stereocenters. The summed E-state index contributed by atoms with van der Waals surface area (Å²) in [6.45, 7) is 0.549. The van der Waals surface area contributed by atoms with Crippen molar-refractivity contribution in [3.05, 3.63) is 12.1 Å². The van der Waals surface area contributed by atoms with Gasteiger partial charge in [0, 0.05) is 13.0 Å². The average molecular weight is 222 g/mol. The molecule has 2 aromatic rings. The Labute approximate surface area is 90.3 Å². The third kappa shape index (κ3) is 2.41. The zero-order valence-electron chi connectivity index (χ0n) is 8.37. The number of anilines is 1. The Balaban J connectivity index is 1.91. The third-order valence-electron chi connectivity index (χ3n) is 1.94. The maximum absolute atomic E-state index is 10.3. The molecule has 2 aromatic heterocycles. The standard InChI is InChI=1S/C8H10N6O2/c15-8(16)2-1-5-9-6-3-4-7-10-12-13-14(7)11-6/h3-4H,1-2,5H2,(H,9,11)(H,15,16). The molecule has 2 rings (SSSR count). The number of carbonyl (C=O) groups is 1. The van der Waals surface area contributed by atoms with Crippen molar-refractivity contribution in [3.63, 3.8) is 0 Å². The molecule has 0 saturated heterocycles. The third-order valence-corrected chi connectivity index (χ3v) is 1.94. The molecule has 84 valence electrons. The number of nitrogens with zero attached hydrogens (tertiary/aromatic N) is 5. The van der Waals surface area contributed by atoms with E-state index in [-0.39, 0.29) is 6.42 Å². The second kappa shape index (κ2) is 4.51. The van der Waals surface area contributed by atoms with Crippen molar-refractivity contribution in [3.8, 4) is 0 Å². The minimum Gasteiger partial charge on any atom is -0.481 e. The van der Waals surface area contributed by atoms with E-state index >= 15 is 0 Å². The van der Waals surface area contributed by atoms with E-state index in [0.29, 0.717) is 24.4 Å². The van der Waals surface area contributed by atoms with Crippen LogP contribution in [0.25, 0.3) is 5.65 Å². The summed E-state index contributed by atoms with van der Waals surface area (Å²) < 4.78 is 1.31. The van der Waals surface area contributed by atoms with Crippen LogP contribution in [0.1, 0.15) is 12.8 Å². The van der Waals surface area contributed by atoms with Crippen molar-refractivity contribution in [1.29, 1.82) is 0 Å². The highest BCUT2D eigenvalue weighted by Crippen LogP contribution is 2.03. The number of fused-ring (bicyclic) bond motifs is 1. The first-order valence-electron chi connectivity index (χ1n) is 4.77. The molecule has 0 aliphatic rings. The normalized spacial score (nSPS) is 10.5. The minimum absolute atomic E-state index is 0.139. The summed E-state index contributed by atoms with van der Waals surface area (Å²) >= 11 is 0. The van der Waals surface area contributed by atoms with Crippen LogP contribution in [-0.2, 0) is 4.79 Å². The molecule has 0 bridgehead atoms. The van der Waals surface area contributed by atoms with Crippen LogP contribution >= 0.6 is 0 Å². The molecule has 0 fully saturated rings. The lowest BCUT2D eigenvalue weighted by molar-refractivity contribution is -0.137. The Bertz CT molecular complexity index is 496. The predicted octanol–water partition coefficient (Wildman–Crippen LogP) is -0.204. The Morgan fingerprint density at radius 2 is 2.38 bits per heavy atom. The van der Waals surface area contributed by atoms with Gasteiger partial charge in [-0.3, -0.25) is 4.79 Å². The fourth-order valence-electron chi connectivity index (χ4n) is 1.20. The molecule has 0 aliphatic heterocycles. The van der Waals surface area contributed by atoms with E-state index in [1.54, 1.807) is 12.1 Å². The van der Waals surface area contributed by atoms with Gasteiger partial charge in [0.2, 0.25) is 0 Å². The van der Waals surface area contributed by atoms with Crippen LogP contribution in [0.5, 0.6) is 0 Å². The first-order chi connectivity index (χ1) is 7.75. The van der Waals surface area contributed by atoms with Gasteiger partial charge in [-0.15, -0.1) is 14.8 Å². The molecule has 8 heteroatoms. The zero-order chi connectivity index (χ0) is 11.4. The maximum atomic E-state index is 10.3. The number of aromatic nitrogens is 5. The van der Waals surface area contributed by atoms with E-state index in [1.165, 1.54) is 4.63 Å². The van der Waals surface area contributed by atoms with Gasteiger partial charge in [0.05, 0.1) is 0 Å². The lowest BCUT2D eigenvalue weighted by atomic mass is 10.3. The van der Waals surface area contributed by atoms with Gasteiger partial charge < -0.3 is 10.4 Å². The second-order valence-corrected chi connectivity index (χ2v) is 3.17. The largest absolute Gasteiger partial charge is 0.481 e. The average Bonchev–Trinajstić information content (AvgIpc) is 2.71. The van der Waals surface area contributed by atoms with Gasteiger partial charge in [-0.25, -0.2) is 0 Å². The van der Waals surface area contributed by atoms with Crippen LogP contribution in [0.3, 0.4) is 0 Å². The number of aliphatic carboxylic acids is 1. The first-order valence-corrected chi connectivity index (χ1v) is 4.77. The van der Waals surface area contributed by atoms with Crippen molar-refractivity contribution in [2.45, 2.75) is 12.8 Å². The number of hydrogen-bond acceptors (Lipinski definition) is 6. The van der Waals surface area contributed by atoms with Crippen molar-refractivity contribution in [2.24, 2.45) is 0 Å². The number of rotatable bonds is 5. The van der Waals surface area contributed by atoms with Gasteiger partial charge in [-0.1, -0.05) is 0 Å². The Kier molecular flexibility index (Phi) is 2.90. The number of tetrazole rings is 1. The Hall–Kier alpha value is -2.25. The van der Waals surface area contributed by atoms with Crippen molar-refractivity contribution in [1.82, 2.24) is 25.3 Å². The summed E-state index contributed by atoms with van der Waals surface area (Å²) in [5, 5.41) is 26.3. The smallest absolute Gasteiger partial charge is 0.303 e. The van der Waals surface area contributed by atoms with Crippen LogP contribution in [0.15, 0.2) is 12.1 Å². The van der Waals surface area contributed by atoms with Gasteiger partial charge >= 0.3 is 5.97 Å². The van der Waals surface area contributed by atoms with E-state index in [9.17, 15) is 4.79 Å². The van der Waals surface area contributed by atoms with Crippen LogP contribution in [0.2, 0.25) is 0 Å². The molecule has 0 spiro atoms. The summed E-state index contributed by atoms with van der Waals surface area (Å²) in [7, 11) is 0. The van der Waals surface area contributed by atoms with Crippen LogP contribution in [0.4, 0.5) is 5.82 Å². The highest BCUT2D eigenvalue weighted by molar-refractivity contribution is 5.66. The molecule has 8 nitrogen and oxygen atoms in total. The Morgan fingerprint density at radius 1 is 1.50 bits per heavy atom. The second-order valence-electron chi connectivity index (χ2n) is 3.17. The Morgan fingerprint density at radius 3 is 3.19 bits per heavy atom. The van der Waals surface area contributed by atoms with E-state index in [0.717, 1.165) is 0 Å². The quantitative estimate of drug-likeness (QED) is 0.674. The van der Waals surface area contributed by atoms with Gasteiger partial charge in [0.15, 0.2) is 5.65 Å². The summed E-state index contributed by atoms with van der Waals surface area (Å²) in [6, 6.07) is 3.47. The summed E-state index contributed by atoms with van der Waals surface area (Å²) in [5.74, 6) is -0.184. The van der Waals surface area contributed by atoms with Gasteiger partial charge in [0.1, 0.15) is 5.82 Å². The molecule has 16 heavy (non-hydrogen) atoms. The van der Waals surface area contributed by atoms with E-state index in [1.807, 2.05) is 0 Å². The number of carboxylic acids is 1. The lowest BCUT2D eigenvalue weighted by Crippen LogP contribution is -2.07. The number of hydrogen-bond donors (Lipinski definition) is 2. The molecule has 0 radical (unpaired) electrons. The molecule has 2 heterocycles. The molecule has 0 unspecified atom stereocenters. The molecule has 0 amide bonds. The zero-order valence-corrected chi connectivity index (χ0v) is 8.37. The fraction of sp³-hybridized carbons (Fsp3) is 0.375. The number of nitrogens with one attached hydrogen (secondary N) is 1. The van der Waals surface area contributed by atoms with Gasteiger partial charge in [0.25, 0.3) is 0 Å². The minimum atomic E-state index is -0.800. The molecular weight excluding hydrogens is 212 g/mol. The SMILES string of the molecule is O=C(O)CCCNc1ccc2nnnn2n1. The summed E-state index contributed by atoms with van der Waals surface area (Å²) in [4.78, 5) is 10.3. The van der Waals surface area contributed by atoms with E-state index in [2.05, 4.69) is 25.9 Å². The summed E-state index contributed by atoms with van der Waals surface area (Å²) in [5.41, 5.74) is 0.566. The van der Waals surface area contributed by atoms with Gasteiger partial charge in [-0.05, 0) is 29.0 Å². The van der Waals surface area contributed by atoms with Crippen molar-refractivity contribution in [2.75, 3.05) is 11.9 Å². The fourth-order valence-corrected chi connectivity index (χ4v) is 1.20. The van der Waals surface area contributed by atoms with E-state index in [4.69, 9.17) is 5.11 Å². The van der Waals surface area contributed by atoms with Crippen LogP contribution in [-0.4, -0.2) is 42.9 Å². The van der Waals surface area contributed by atoms with Crippen LogP contribution < -0.4 is 5.32 Å².